The van der Waals surface area contributed by atoms with E-state index in [4.69, 9.17) is 4.74 Å². The van der Waals surface area contributed by atoms with E-state index in [1.165, 1.54) is 0 Å². The second-order valence-corrected chi connectivity index (χ2v) is 9.41. The van der Waals surface area contributed by atoms with Crippen molar-refractivity contribution in [3.8, 4) is 0 Å². The third kappa shape index (κ3) is 7.12. The Bertz CT molecular complexity index is 819. The predicted octanol–water partition coefficient (Wildman–Crippen LogP) is 6.75. The van der Waals surface area contributed by atoms with Crippen molar-refractivity contribution in [1.82, 2.24) is 0 Å². The van der Waals surface area contributed by atoms with Gasteiger partial charge in [0.25, 0.3) is 0 Å². The Kier molecular flexibility index (Phi) is 8.40. The van der Waals surface area contributed by atoms with Gasteiger partial charge in [-0.25, -0.2) is 0 Å². The van der Waals surface area contributed by atoms with Gasteiger partial charge in [0.15, 0.2) is 5.78 Å². The SMILES string of the molecule is Cc1ccc(C(=O)C(C)C(CC(=O)OC(C)(C)CCC(C)C)c2ccccc2)cc1. The Balaban J connectivity index is 2.18. The smallest absolute Gasteiger partial charge is 0.306 e. The molecule has 0 aliphatic rings. The summed E-state index contributed by atoms with van der Waals surface area (Å²) in [6, 6.07) is 17.4. The second kappa shape index (κ2) is 10.6. The maximum Gasteiger partial charge on any atom is 0.306 e. The maximum atomic E-state index is 13.2. The van der Waals surface area contributed by atoms with Crippen LogP contribution in [0.2, 0.25) is 0 Å². The van der Waals surface area contributed by atoms with Gasteiger partial charge >= 0.3 is 5.97 Å². The fourth-order valence-corrected chi connectivity index (χ4v) is 3.66. The molecule has 0 radical (unpaired) electrons. The second-order valence-electron chi connectivity index (χ2n) is 9.41. The van der Waals surface area contributed by atoms with Gasteiger partial charge in [-0.3, -0.25) is 9.59 Å². The summed E-state index contributed by atoms with van der Waals surface area (Å²) in [7, 11) is 0. The molecule has 0 heterocycles. The van der Waals surface area contributed by atoms with Crippen LogP contribution in [0.5, 0.6) is 0 Å². The number of hydrogen-bond acceptors (Lipinski definition) is 3. The van der Waals surface area contributed by atoms with Gasteiger partial charge in [-0.15, -0.1) is 0 Å². The lowest BCUT2D eigenvalue weighted by Crippen LogP contribution is -2.31. The fraction of sp³-hybridized carbons (Fsp3) is 0.481. The first-order valence-electron chi connectivity index (χ1n) is 11.0. The van der Waals surface area contributed by atoms with Crippen molar-refractivity contribution in [2.75, 3.05) is 0 Å². The zero-order chi connectivity index (χ0) is 22.3. The molecule has 2 atom stereocenters. The molecule has 2 rings (SSSR count). The van der Waals surface area contributed by atoms with E-state index >= 15 is 0 Å². The lowest BCUT2D eigenvalue weighted by atomic mass is 9.80. The van der Waals surface area contributed by atoms with Crippen LogP contribution in [-0.4, -0.2) is 17.4 Å². The number of ether oxygens (including phenoxy) is 1. The van der Waals surface area contributed by atoms with Gasteiger partial charge in [-0.05, 0) is 45.1 Å². The van der Waals surface area contributed by atoms with Crippen molar-refractivity contribution >= 4 is 11.8 Å². The average Bonchev–Trinajstić information content (AvgIpc) is 2.70. The van der Waals surface area contributed by atoms with Crippen molar-refractivity contribution in [3.63, 3.8) is 0 Å². The predicted molar refractivity (Wildman–Crippen MR) is 123 cm³/mol. The van der Waals surface area contributed by atoms with E-state index < -0.39 is 5.60 Å². The normalized spacial score (nSPS) is 13.7. The molecule has 0 aromatic heterocycles. The lowest BCUT2D eigenvalue weighted by Gasteiger charge is -2.28. The number of hydrogen-bond donors (Lipinski definition) is 0. The fourth-order valence-electron chi connectivity index (χ4n) is 3.66. The number of ketones is 1. The zero-order valence-corrected chi connectivity index (χ0v) is 19.3. The molecule has 2 unspecified atom stereocenters. The van der Waals surface area contributed by atoms with Crippen molar-refractivity contribution in [2.24, 2.45) is 11.8 Å². The molecule has 0 fully saturated rings. The summed E-state index contributed by atoms with van der Waals surface area (Å²) in [5.41, 5.74) is 2.28. The number of Topliss-reactive ketones (excluding diaryl/α,β-unsaturated/α-hetero) is 1. The Morgan fingerprint density at radius 3 is 2.10 bits per heavy atom. The highest BCUT2D eigenvalue weighted by Crippen LogP contribution is 2.32. The Hall–Kier alpha value is -2.42. The highest BCUT2D eigenvalue weighted by Gasteiger charge is 2.31. The van der Waals surface area contributed by atoms with Crippen molar-refractivity contribution in [2.45, 2.75) is 72.3 Å². The van der Waals surface area contributed by atoms with E-state index in [0.29, 0.717) is 11.5 Å². The van der Waals surface area contributed by atoms with Crippen LogP contribution >= 0.6 is 0 Å². The van der Waals surface area contributed by atoms with Crippen molar-refractivity contribution in [3.05, 3.63) is 71.3 Å². The minimum absolute atomic E-state index is 0.0516. The molecule has 0 saturated heterocycles. The molecule has 0 aliphatic heterocycles. The van der Waals surface area contributed by atoms with Crippen molar-refractivity contribution in [1.29, 1.82) is 0 Å². The van der Waals surface area contributed by atoms with Gasteiger partial charge in [0.2, 0.25) is 0 Å². The molecule has 2 aromatic carbocycles. The molecule has 30 heavy (non-hydrogen) atoms. The van der Waals surface area contributed by atoms with Gasteiger partial charge in [0.1, 0.15) is 5.60 Å². The first kappa shape index (κ1) is 23.9. The van der Waals surface area contributed by atoms with Crippen LogP contribution in [0.25, 0.3) is 0 Å². The highest BCUT2D eigenvalue weighted by molar-refractivity contribution is 5.98. The van der Waals surface area contributed by atoms with Crippen molar-refractivity contribution < 1.29 is 14.3 Å². The van der Waals surface area contributed by atoms with E-state index in [1.807, 2.05) is 82.3 Å². The van der Waals surface area contributed by atoms with E-state index in [0.717, 1.165) is 24.0 Å². The van der Waals surface area contributed by atoms with E-state index in [1.54, 1.807) is 0 Å². The van der Waals surface area contributed by atoms with E-state index in [2.05, 4.69) is 13.8 Å². The summed E-state index contributed by atoms with van der Waals surface area (Å²) >= 11 is 0. The molecule has 0 saturated carbocycles. The minimum atomic E-state index is -0.507. The molecule has 0 bridgehead atoms. The highest BCUT2D eigenvalue weighted by atomic mass is 16.6. The van der Waals surface area contributed by atoms with Crippen LogP contribution < -0.4 is 0 Å². The molecule has 2 aromatic rings. The topological polar surface area (TPSA) is 43.4 Å². The molecular formula is C27H36O3. The standard InChI is InChI=1S/C27H36O3/c1-19(2)16-17-27(5,6)30-25(28)18-24(22-10-8-7-9-11-22)21(4)26(29)23-14-12-20(3)13-15-23/h7-15,19,21,24H,16-18H2,1-6H3. The quantitative estimate of drug-likeness (QED) is 0.323. The van der Waals surface area contributed by atoms with Crippen LogP contribution in [0.3, 0.4) is 0 Å². The number of carbonyl (C=O) groups excluding carboxylic acids is 2. The summed E-state index contributed by atoms with van der Waals surface area (Å²) in [6.45, 7) is 12.2. The summed E-state index contributed by atoms with van der Waals surface area (Å²) in [6.07, 6.45) is 2.02. The number of carbonyl (C=O) groups is 2. The van der Waals surface area contributed by atoms with Crippen LogP contribution in [0.1, 0.15) is 81.3 Å². The monoisotopic (exact) mass is 408 g/mol. The molecule has 3 heteroatoms. The van der Waals surface area contributed by atoms with Crippen LogP contribution in [0, 0.1) is 18.8 Å². The first-order chi connectivity index (χ1) is 14.1. The van der Waals surface area contributed by atoms with E-state index in [-0.39, 0.29) is 30.0 Å². The minimum Gasteiger partial charge on any atom is -0.460 e. The molecule has 3 nitrogen and oxygen atoms in total. The number of rotatable bonds is 10. The average molecular weight is 409 g/mol. The number of esters is 1. The van der Waals surface area contributed by atoms with Gasteiger partial charge < -0.3 is 4.74 Å². The Morgan fingerprint density at radius 1 is 0.933 bits per heavy atom. The van der Waals surface area contributed by atoms with Gasteiger partial charge in [-0.2, -0.15) is 0 Å². The van der Waals surface area contributed by atoms with E-state index in [9.17, 15) is 9.59 Å². The molecule has 0 N–H and O–H groups in total. The summed E-state index contributed by atoms with van der Waals surface area (Å²) < 4.78 is 5.84. The van der Waals surface area contributed by atoms with Crippen LogP contribution in [0.15, 0.2) is 54.6 Å². The van der Waals surface area contributed by atoms with Gasteiger partial charge in [0.05, 0.1) is 6.42 Å². The first-order valence-corrected chi connectivity index (χ1v) is 11.0. The third-order valence-electron chi connectivity index (χ3n) is 5.68. The molecule has 0 aliphatic carbocycles. The molecule has 0 spiro atoms. The number of aryl methyl sites for hydroxylation is 1. The molecular weight excluding hydrogens is 372 g/mol. The Labute approximate surface area is 181 Å². The zero-order valence-electron chi connectivity index (χ0n) is 19.3. The maximum absolute atomic E-state index is 13.2. The molecule has 162 valence electrons. The van der Waals surface area contributed by atoms with Crippen LogP contribution in [0.4, 0.5) is 0 Å². The van der Waals surface area contributed by atoms with Gasteiger partial charge in [-0.1, -0.05) is 80.9 Å². The van der Waals surface area contributed by atoms with Gasteiger partial charge in [0, 0.05) is 17.4 Å². The summed E-state index contributed by atoms with van der Waals surface area (Å²) in [5, 5.41) is 0. The summed E-state index contributed by atoms with van der Waals surface area (Å²) in [4.78, 5) is 26.0. The summed E-state index contributed by atoms with van der Waals surface area (Å²) in [5.74, 6) is -0.195. The number of benzene rings is 2. The molecule has 0 amide bonds. The lowest BCUT2D eigenvalue weighted by molar-refractivity contribution is -0.158. The largest absolute Gasteiger partial charge is 0.460 e. The van der Waals surface area contributed by atoms with Crippen LogP contribution in [-0.2, 0) is 9.53 Å². The third-order valence-corrected chi connectivity index (χ3v) is 5.68. The Morgan fingerprint density at radius 2 is 1.53 bits per heavy atom.